The molecule has 2 nitrogen and oxygen atoms in total. The number of hydrogen-bond acceptors (Lipinski definition) is 6. The zero-order valence-corrected chi connectivity index (χ0v) is 69.2. The lowest BCUT2D eigenvalue weighted by Gasteiger charge is -2.15. The predicted octanol–water partition coefficient (Wildman–Crippen LogP) is 33.7. The van der Waals surface area contributed by atoms with E-state index in [1.165, 1.54) is 367 Å². The van der Waals surface area contributed by atoms with Gasteiger partial charge in [0.15, 0.2) is 0 Å². The number of aryl methyl sites for hydroxylation is 8. The van der Waals surface area contributed by atoms with Gasteiger partial charge in [-0.15, -0.1) is 45.3 Å². The quantitative estimate of drug-likeness (QED) is 0.0355. The number of benzene rings is 4. The van der Waals surface area contributed by atoms with Crippen LogP contribution in [0.3, 0.4) is 0 Å². The minimum absolute atomic E-state index is 0.996. The van der Waals surface area contributed by atoms with Gasteiger partial charge in [0.25, 0.3) is 0 Å². The molecule has 5 aromatic heterocycles. The third-order valence-corrected chi connectivity index (χ3v) is 27.3. The Morgan fingerprint density at radius 3 is 1.00 bits per heavy atom. The Hall–Kier alpha value is -4.46. The van der Waals surface area contributed by atoms with Gasteiger partial charge in [-0.25, -0.2) is 9.97 Å². The molecule has 9 aromatic rings. The summed E-state index contributed by atoms with van der Waals surface area (Å²) in [4.78, 5) is 20.8. The smallest absolute Gasteiger partial charge is 0.0988 e. The van der Waals surface area contributed by atoms with Crippen LogP contribution in [-0.4, -0.2) is 9.97 Å². The summed E-state index contributed by atoms with van der Waals surface area (Å²) in [6, 6.07) is 34.6. The molecule has 0 radical (unpaired) electrons. The molecule has 9 rings (SSSR count). The van der Waals surface area contributed by atoms with Gasteiger partial charge >= 0.3 is 0 Å². The fourth-order valence-electron chi connectivity index (χ4n) is 16.1. The highest BCUT2D eigenvalue weighted by atomic mass is 32.1. The van der Waals surface area contributed by atoms with Crippen molar-refractivity contribution < 1.29 is 0 Å². The second-order valence-corrected chi connectivity index (χ2v) is 35.8. The maximum absolute atomic E-state index is 6.14. The molecule has 0 amide bonds. The van der Waals surface area contributed by atoms with Crippen molar-refractivity contribution >= 4 is 76.6 Å². The van der Waals surface area contributed by atoms with Gasteiger partial charge in [0.2, 0.25) is 0 Å². The summed E-state index contributed by atoms with van der Waals surface area (Å²) in [6.45, 7) is 18.7. The lowest BCUT2D eigenvalue weighted by atomic mass is 9.91. The molecular weight excluding hydrogens is 1310 g/mol. The SMILES string of the molecule is CCCCCCCCCCCCc1cc(-c2ccc(-c3cc(CCCCCCCCCCCC)c(-c4cc5c(CCCCCCCC)c(CCCCCCCC)c6cc(C)sc6c5s4)s3)c3nc(-c4ccc(CCCCCCCC)cc4)c(-c4ccc(CCCCCCCC)cc4)nc23)sc1C. The van der Waals surface area contributed by atoms with E-state index in [1.54, 1.807) is 21.9 Å². The number of rotatable bonds is 55. The van der Waals surface area contributed by atoms with Gasteiger partial charge in [0.1, 0.15) is 0 Å². The maximum Gasteiger partial charge on any atom is 0.0988 e. The maximum atomic E-state index is 6.14. The summed E-state index contributed by atoms with van der Waals surface area (Å²) >= 11 is 8.22. The van der Waals surface area contributed by atoms with Gasteiger partial charge in [-0.1, -0.05) is 346 Å². The Bertz CT molecular complexity index is 3790. The number of nitrogens with zero attached hydrogens (tertiary/aromatic N) is 2. The highest BCUT2D eigenvalue weighted by molar-refractivity contribution is 7.31. The Balaban J connectivity index is 1.17. The molecule has 0 aliphatic rings. The molecule has 102 heavy (non-hydrogen) atoms. The molecule has 0 aliphatic carbocycles. The first kappa shape index (κ1) is 81.6. The average molecular weight is 1450 g/mol. The Kier molecular flexibility index (Phi) is 37.3. The van der Waals surface area contributed by atoms with Crippen molar-refractivity contribution in [1.82, 2.24) is 9.97 Å². The summed E-state index contributed by atoms with van der Waals surface area (Å²) in [5.74, 6) is 0. The minimum Gasteiger partial charge on any atom is -0.243 e. The van der Waals surface area contributed by atoms with Crippen molar-refractivity contribution in [3.8, 4) is 53.2 Å². The highest BCUT2D eigenvalue weighted by Crippen LogP contribution is 2.51. The molecule has 0 bridgehead atoms. The standard InChI is InChI=1S/C96H138N2S4/c1-9-15-21-27-33-35-37-39-43-49-55-79-70-87(100-74(79)8)83-67-68-84(93-92(83)97-90(77-63-59-75(60-64-77)53-47-41-29-23-17-11-3)91(98-93)78-65-61-76(62-66-78)54-48-42-30-24-18-12-4)88-71-80(56-50-44-40-38-36-34-28-22-16-10-2)94(101-88)89-72-86-82(58-52-46-32-26-20-14-6)81(57-51-45-31-25-19-13-5)85-69-73(7)99-95(85)96(86)102-89/h59-72H,9-58H2,1-8H3. The number of hydrogen-bond donors (Lipinski definition) is 0. The molecule has 0 saturated carbocycles. The number of thiophene rings is 4. The van der Waals surface area contributed by atoms with Crippen LogP contribution < -0.4 is 0 Å². The normalized spacial score (nSPS) is 11.9. The van der Waals surface area contributed by atoms with Crippen LogP contribution in [0.1, 0.15) is 367 Å². The molecule has 0 aliphatic heterocycles. The third kappa shape index (κ3) is 25.1. The molecule has 4 aromatic carbocycles. The second-order valence-electron chi connectivity index (χ2n) is 31.2. The lowest BCUT2D eigenvalue weighted by molar-refractivity contribution is 0.556. The van der Waals surface area contributed by atoms with Crippen molar-refractivity contribution in [2.75, 3.05) is 0 Å². The van der Waals surface area contributed by atoms with Gasteiger partial charge in [-0.3, -0.25) is 0 Å². The van der Waals surface area contributed by atoms with E-state index in [9.17, 15) is 0 Å². The van der Waals surface area contributed by atoms with Gasteiger partial charge in [0.05, 0.1) is 31.8 Å². The van der Waals surface area contributed by atoms with E-state index in [1.807, 2.05) is 11.3 Å². The highest BCUT2D eigenvalue weighted by Gasteiger charge is 2.26. The van der Waals surface area contributed by atoms with E-state index in [0.717, 1.165) is 59.2 Å². The summed E-state index contributed by atoms with van der Waals surface area (Å²) in [5, 5.41) is 3.12. The van der Waals surface area contributed by atoms with E-state index < -0.39 is 0 Å². The molecule has 6 heteroatoms. The summed E-state index contributed by atoms with van der Waals surface area (Å²) in [5.41, 5.74) is 18.1. The average Bonchev–Trinajstić information content (AvgIpc) is 1.51. The van der Waals surface area contributed by atoms with E-state index in [-0.39, 0.29) is 0 Å². The van der Waals surface area contributed by atoms with E-state index in [0.29, 0.717) is 0 Å². The van der Waals surface area contributed by atoms with Crippen molar-refractivity contribution in [3.05, 3.63) is 128 Å². The number of fused-ring (bicyclic) bond motifs is 4. The lowest BCUT2D eigenvalue weighted by Crippen LogP contribution is -1.99. The van der Waals surface area contributed by atoms with E-state index in [4.69, 9.17) is 9.97 Å². The fraction of sp³-hybridized carbons (Fsp3) is 0.604. The Morgan fingerprint density at radius 1 is 0.275 bits per heavy atom. The van der Waals surface area contributed by atoms with Gasteiger partial charge in [-0.2, -0.15) is 0 Å². The van der Waals surface area contributed by atoms with Crippen LogP contribution >= 0.6 is 45.3 Å². The largest absolute Gasteiger partial charge is 0.243 e. The minimum atomic E-state index is 0.996. The first-order valence-corrected chi connectivity index (χ1v) is 46.3. The Morgan fingerprint density at radius 2 is 0.598 bits per heavy atom. The van der Waals surface area contributed by atoms with Crippen molar-refractivity contribution in [1.29, 1.82) is 0 Å². The number of aromatic nitrogens is 2. The predicted molar refractivity (Wildman–Crippen MR) is 462 cm³/mol. The van der Waals surface area contributed by atoms with Crippen LogP contribution in [0, 0.1) is 13.8 Å². The first-order valence-electron chi connectivity index (χ1n) is 43.0. The Labute approximate surface area is 639 Å². The van der Waals surface area contributed by atoms with Gasteiger partial charge in [0, 0.05) is 51.5 Å². The topological polar surface area (TPSA) is 25.8 Å². The molecule has 0 unspecified atom stereocenters. The number of unbranched alkanes of at least 4 members (excludes halogenated alkanes) is 38. The molecule has 0 saturated heterocycles. The zero-order chi connectivity index (χ0) is 71.4. The van der Waals surface area contributed by atoms with Crippen LogP contribution in [0.15, 0.2) is 84.9 Å². The molecule has 5 heterocycles. The van der Waals surface area contributed by atoms with Crippen LogP contribution in [0.5, 0.6) is 0 Å². The van der Waals surface area contributed by atoms with Crippen molar-refractivity contribution in [2.24, 2.45) is 0 Å². The fourth-order valence-corrected chi connectivity index (χ4v) is 21.0. The summed E-state index contributed by atoms with van der Waals surface area (Å²) in [6.07, 6.45) is 65.8. The van der Waals surface area contributed by atoms with E-state index in [2.05, 4.69) is 174 Å². The van der Waals surface area contributed by atoms with Crippen molar-refractivity contribution in [2.45, 2.75) is 376 Å². The van der Waals surface area contributed by atoms with Crippen LogP contribution in [0.2, 0.25) is 0 Å². The van der Waals surface area contributed by atoms with Crippen LogP contribution in [0.25, 0.3) is 84.4 Å². The molecule has 556 valence electrons. The molecule has 0 N–H and O–H groups in total. The van der Waals surface area contributed by atoms with Gasteiger partial charge < -0.3 is 0 Å². The molecular formula is C96H138N2S4. The van der Waals surface area contributed by atoms with Crippen LogP contribution in [0.4, 0.5) is 0 Å². The molecule has 0 atom stereocenters. The van der Waals surface area contributed by atoms with Crippen LogP contribution in [-0.2, 0) is 38.5 Å². The molecule has 0 fully saturated rings. The summed E-state index contributed by atoms with van der Waals surface area (Å²) in [7, 11) is 0. The van der Waals surface area contributed by atoms with E-state index >= 15 is 0 Å². The second kappa shape index (κ2) is 46.6. The summed E-state index contributed by atoms with van der Waals surface area (Å²) < 4.78 is 3.08. The van der Waals surface area contributed by atoms with Gasteiger partial charge in [-0.05, 0) is 159 Å². The zero-order valence-electron chi connectivity index (χ0n) is 66.0. The third-order valence-electron chi connectivity index (χ3n) is 22.5. The molecule has 0 spiro atoms. The monoisotopic (exact) mass is 1450 g/mol. The van der Waals surface area contributed by atoms with Crippen molar-refractivity contribution in [3.63, 3.8) is 0 Å². The first-order chi connectivity index (χ1) is 50.3.